The quantitative estimate of drug-likeness (QED) is 0.465. The third-order valence-corrected chi connectivity index (χ3v) is 2.67. The van der Waals surface area contributed by atoms with Gasteiger partial charge >= 0.3 is 6.36 Å². The molecule has 11 heteroatoms. The number of ether oxygens (including phenoxy) is 1. The molecule has 1 heterocycles. The van der Waals surface area contributed by atoms with Gasteiger partial charge in [0.25, 0.3) is 0 Å². The summed E-state index contributed by atoms with van der Waals surface area (Å²) < 4.78 is 40.2. The van der Waals surface area contributed by atoms with E-state index < -0.39 is 6.36 Å². The first-order valence-corrected chi connectivity index (χ1v) is 6.27. The predicted octanol–water partition coefficient (Wildman–Crippen LogP) is 2.56. The fraction of sp³-hybridized carbons (Fsp3) is 0.231. The maximum absolute atomic E-state index is 12.1. The van der Waals surface area contributed by atoms with Crippen molar-refractivity contribution < 1.29 is 17.9 Å². The molecule has 0 fully saturated rings. The van der Waals surface area contributed by atoms with Crippen molar-refractivity contribution in [2.75, 3.05) is 13.1 Å². The van der Waals surface area contributed by atoms with Gasteiger partial charge in [-0.25, -0.2) is 4.99 Å². The molecule has 0 saturated heterocycles. The number of aliphatic imine (C=N–C) groups is 2. The highest BCUT2D eigenvalue weighted by Gasteiger charge is 2.31. The average Bonchev–Trinajstić information content (AvgIpc) is 2.90. The molecule has 1 aliphatic rings. The molecule has 1 aromatic carbocycles. The number of guanidine groups is 2. The molecule has 0 saturated carbocycles. The molecule has 0 spiro atoms. The maximum atomic E-state index is 12.1. The number of hydrogen-bond donors (Lipinski definition) is 2. The van der Waals surface area contributed by atoms with Crippen molar-refractivity contribution in [2.24, 2.45) is 21.5 Å². The standard InChI is InChI=1S/C13H14F3N5O.2ClH/c14-13(15,16)22-10-5-3-4-9(8-10)19-11(17)20-12(18)21-6-1-2-7-21;;/h1-5,8H,6-7H2,(H4,17,18,19,20);2*1H. The van der Waals surface area contributed by atoms with Crippen LogP contribution in [0.2, 0.25) is 0 Å². The second-order valence-electron chi connectivity index (χ2n) is 4.36. The molecule has 0 amide bonds. The van der Waals surface area contributed by atoms with Gasteiger partial charge in [0, 0.05) is 19.2 Å². The summed E-state index contributed by atoms with van der Waals surface area (Å²) in [6, 6.07) is 5.10. The van der Waals surface area contributed by atoms with Crippen LogP contribution in [0.3, 0.4) is 0 Å². The van der Waals surface area contributed by atoms with E-state index in [0.717, 1.165) is 12.1 Å². The molecule has 0 unspecified atom stereocenters. The number of hydrogen-bond acceptors (Lipinski definition) is 2. The highest BCUT2D eigenvalue weighted by molar-refractivity contribution is 5.94. The summed E-state index contributed by atoms with van der Waals surface area (Å²) in [6.45, 7) is 1.25. The van der Waals surface area contributed by atoms with E-state index in [0.29, 0.717) is 13.1 Å². The molecule has 6 nitrogen and oxygen atoms in total. The van der Waals surface area contributed by atoms with Crippen LogP contribution in [-0.2, 0) is 0 Å². The third-order valence-electron chi connectivity index (χ3n) is 2.67. The van der Waals surface area contributed by atoms with Gasteiger partial charge in [-0.15, -0.1) is 38.0 Å². The van der Waals surface area contributed by atoms with Crippen LogP contribution in [0.4, 0.5) is 18.9 Å². The van der Waals surface area contributed by atoms with Gasteiger partial charge in [-0.1, -0.05) is 18.2 Å². The van der Waals surface area contributed by atoms with Crippen molar-refractivity contribution in [3.8, 4) is 5.75 Å². The van der Waals surface area contributed by atoms with Crippen molar-refractivity contribution in [1.29, 1.82) is 0 Å². The molecular formula is C13H16Cl2F3N5O. The number of nitrogens with zero attached hydrogens (tertiary/aromatic N) is 3. The molecule has 1 aromatic rings. The molecule has 1 aliphatic heterocycles. The number of halogens is 5. The minimum atomic E-state index is -4.76. The topological polar surface area (TPSA) is 89.2 Å². The van der Waals surface area contributed by atoms with Crippen LogP contribution in [-0.4, -0.2) is 36.3 Å². The van der Waals surface area contributed by atoms with Gasteiger partial charge in [0.15, 0.2) is 5.96 Å². The van der Waals surface area contributed by atoms with Crippen LogP contribution in [0.15, 0.2) is 46.4 Å². The van der Waals surface area contributed by atoms with Gasteiger partial charge in [-0.3, -0.25) is 0 Å². The molecule has 0 aromatic heterocycles. The fourth-order valence-electron chi connectivity index (χ4n) is 1.76. The van der Waals surface area contributed by atoms with Crippen molar-refractivity contribution in [3.05, 3.63) is 36.4 Å². The molecule has 0 bridgehead atoms. The first-order chi connectivity index (χ1) is 10.3. The van der Waals surface area contributed by atoms with E-state index in [2.05, 4.69) is 14.7 Å². The second-order valence-corrected chi connectivity index (χ2v) is 4.36. The van der Waals surface area contributed by atoms with Crippen molar-refractivity contribution in [2.45, 2.75) is 6.36 Å². The van der Waals surface area contributed by atoms with Crippen molar-refractivity contribution in [3.63, 3.8) is 0 Å². The number of benzene rings is 1. The maximum Gasteiger partial charge on any atom is 0.573 e. The van der Waals surface area contributed by atoms with Crippen LogP contribution in [0.5, 0.6) is 5.75 Å². The summed E-state index contributed by atoms with van der Waals surface area (Å²) in [5.74, 6) is -0.357. The summed E-state index contributed by atoms with van der Waals surface area (Å²) in [5.41, 5.74) is 11.5. The zero-order valence-electron chi connectivity index (χ0n) is 12.2. The van der Waals surface area contributed by atoms with Crippen LogP contribution >= 0.6 is 24.8 Å². The number of alkyl halides is 3. The van der Waals surface area contributed by atoms with Crippen LogP contribution in [0.1, 0.15) is 0 Å². The molecule has 0 radical (unpaired) electrons. The van der Waals surface area contributed by atoms with Crippen molar-refractivity contribution >= 4 is 42.4 Å². The normalized spacial score (nSPS) is 14.9. The first-order valence-electron chi connectivity index (χ1n) is 6.27. The largest absolute Gasteiger partial charge is 0.573 e. The van der Waals surface area contributed by atoms with Gasteiger partial charge < -0.3 is 21.1 Å². The lowest BCUT2D eigenvalue weighted by molar-refractivity contribution is -0.274. The Morgan fingerprint density at radius 1 is 1.12 bits per heavy atom. The zero-order chi connectivity index (χ0) is 16.2. The lowest BCUT2D eigenvalue weighted by atomic mass is 10.3. The zero-order valence-corrected chi connectivity index (χ0v) is 13.9. The van der Waals surface area contributed by atoms with E-state index in [4.69, 9.17) is 11.5 Å². The Labute approximate surface area is 148 Å². The van der Waals surface area contributed by atoms with Crippen molar-refractivity contribution in [1.82, 2.24) is 4.90 Å². The summed E-state index contributed by atoms with van der Waals surface area (Å²) in [5, 5.41) is 0. The van der Waals surface area contributed by atoms with Crippen LogP contribution < -0.4 is 16.2 Å². The Bertz CT molecular complexity index is 626. The minimum Gasteiger partial charge on any atom is -0.406 e. The predicted molar refractivity (Wildman–Crippen MR) is 91.2 cm³/mol. The van der Waals surface area contributed by atoms with E-state index in [-0.39, 0.29) is 48.2 Å². The Morgan fingerprint density at radius 2 is 1.75 bits per heavy atom. The summed E-state index contributed by atoms with van der Waals surface area (Å²) >= 11 is 0. The van der Waals surface area contributed by atoms with E-state index in [1.54, 1.807) is 4.90 Å². The van der Waals surface area contributed by atoms with Crippen LogP contribution in [0.25, 0.3) is 0 Å². The smallest absolute Gasteiger partial charge is 0.406 e. The summed E-state index contributed by atoms with van der Waals surface area (Å²) in [6.07, 6.45) is -0.916. The van der Waals surface area contributed by atoms with Gasteiger partial charge in [-0.05, 0) is 12.1 Å². The first kappa shape index (κ1) is 21.9. The van der Waals surface area contributed by atoms with Gasteiger partial charge in [0.2, 0.25) is 5.96 Å². The highest BCUT2D eigenvalue weighted by Crippen LogP contribution is 2.26. The molecule has 134 valence electrons. The Balaban J connectivity index is 0.00000264. The second kappa shape index (κ2) is 9.24. The molecule has 0 aliphatic carbocycles. The fourth-order valence-corrected chi connectivity index (χ4v) is 1.76. The van der Waals surface area contributed by atoms with Gasteiger partial charge in [0.1, 0.15) is 5.75 Å². The SMILES string of the molecule is Cl.Cl.NC(=Nc1cccc(OC(F)(F)F)c1)/N=C(/N)N1CC=CC1. The lowest BCUT2D eigenvalue weighted by Gasteiger charge is -2.15. The number of rotatable bonds is 2. The number of nitrogens with two attached hydrogens (primary N) is 2. The van der Waals surface area contributed by atoms with E-state index in [1.807, 2.05) is 12.2 Å². The average molecular weight is 386 g/mol. The molecular weight excluding hydrogens is 370 g/mol. The lowest BCUT2D eigenvalue weighted by Crippen LogP contribution is -2.36. The Kier molecular flexibility index (Phi) is 8.42. The van der Waals surface area contributed by atoms with E-state index in [9.17, 15) is 13.2 Å². The molecule has 4 N–H and O–H groups in total. The highest BCUT2D eigenvalue weighted by atomic mass is 35.5. The van der Waals surface area contributed by atoms with Gasteiger partial charge in [0.05, 0.1) is 5.69 Å². The Hall–Kier alpha value is -2.13. The molecule has 24 heavy (non-hydrogen) atoms. The summed E-state index contributed by atoms with van der Waals surface area (Å²) in [7, 11) is 0. The Morgan fingerprint density at radius 3 is 2.33 bits per heavy atom. The molecule has 0 atom stereocenters. The van der Waals surface area contributed by atoms with E-state index in [1.165, 1.54) is 12.1 Å². The molecule has 2 rings (SSSR count). The van der Waals surface area contributed by atoms with Crippen LogP contribution in [0, 0.1) is 0 Å². The van der Waals surface area contributed by atoms with E-state index >= 15 is 0 Å². The summed E-state index contributed by atoms with van der Waals surface area (Å²) in [4.78, 5) is 9.55. The monoisotopic (exact) mass is 385 g/mol. The third kappa shape index (κ3) is 6.97. The van der Waals surface area contributed by atoms with Gasteiger partial charge in [-0.2, -0.15) is 4.99 Å². The minimum absolute atomic E-state index is 0.